The number of rotatable bonds is 4. The fourth-order valence-corrected chi connectivity index (χ4v) is 5.19. The van der Waals surface area contributed by atoms with E-state index in [-0.39, 0.29) is 5.91 Å². The Bertz CT molecular complexity index is 408. The van der Waals surface area contributed by atoms with E-state index in [9.17, 15) is 4.79 Å². The maximum Gasteiger partial charge on any atom is 0.314 e. The summed E-state index contributed by atoms with van der Waals surface area (Å²) in [4.78, 5) is 15.1. The van der Waals surface area contributed by atoms with Crippen LogP contribution in [0.15, 0.2) is 0 Å². The van der Waals surface area contributed by atoms with Crippen molar-refractivity contribution in [1.29, 1.82) is 0 Å². The molecule has 1 amide bonds. The third kappa shape index (κ3) is 3.80. The Balaban J connectivity index is 1.71. The van der Waals surface area contributed by atoms with Crippen LogP contribution in [-0.4, -0.2) is 67.8 Å². The first-order valence-corrected chi connectivity index (χ1v) is 9.61. The molecule has 131 valence electrons. The van der Waals surface area contributed by atoms with E-state index in [1.54, 1.807) is 0 Å². The number of morpholine rings is 1. The number of likely N-dealkylation sites (tertiary alicyclic amines) is 1. The van der Waals surface area contributed by atoms with Crippen molar-refractivity contribution in [3.63, 3.8) is 0 Å². The Morgan fingerprint density at radius 3 is 2.70 bits per heavy atom. The molecule has 2 aliphatic heterocycles. The zero-order valence-corrected chi connectivity index (χ0v) is 14.8. The van der Waals surface area contributed by atoms with E-state index in [1.165, 1.54) is 51.6 Å². The first-order valence-electron chi connectivity index (χ1n) is 9.61. The molecule has 4 nitrogen and oxygen atoms in total. The van der Waals surface area contributed by atoms with Crippen LogP contribution in [-0.2, 0) is 9.53 Å². The SMILES string of the molecule is [CH2]C(=O)[N+]1(CCC2CCN(C)C2)CCOCC1C1CCCCC1. The molecule has 2 saturated heterocycles. The molecule has 0 bridgehead atoms. The molecule has 23 heavy (non-hydrogen) atoms. The quantitative estimate of drug-likeness (QED) is 0.745. The number of carbonyl (C=O) groups is 1. The summed E-state index contributed by atoms with van der Waals surface area (Å²) in [6, 6.07) is 0.355. The smallest absolute Gasteiger partial charge is 0.314 e. The highest BCUT2D eigenvalue weighted by Crippen LogP contribution is 2.35. The van der Waals surface area contributed by atoms with Crippen LogP contribution in [0.5, 0.6) is 0 Å². The van der Waals surface area contributed by atoms with Crippen LogP contribution in [0.4, 0.5) is 0 Å². The van der Waals surface area contributed by atoms with Gasteiger partial charge < -0.3 is 9.64 Å². The predicted molar refractivity (Wildman–Crippen MR) is 91.8 cm³/mol. The van der Waals surface area contributed by atoms with Gasteiger partial charge in [-0.05, 0) is 38.8 Å². The van der Waals surface area contributed by atoms with E-state index in [0.29, 0.717) is 16.4 Å². The van der Waals surface area contributed by atoms with Gasteiger partial charge in [-0.2, -0.15) is 0 Å². The van der Waals surface area contributed by atoms with Crippen LogP contribution in [0.2, 0.25) is 0 Å². The lowest BCUT2D eigenvalue weighted by molar-refractivity contribution is -0.891. The lowest BCUT2D eigenvalue weighted by Crippen LogP contribution is -2.67. The summed E-state index contributed by atoms with van der Waals surface area (Å²) < 4.78 is 6.43. The fraction of sp³-hybridized carbons (Fsp3) is 0.895. The fourth-order valence-electron chi connectivity index (χ4n) is 5.19. The number of hydrogen-bond donors (Lipinski definition) is 0. The molecule has 0 spiro atoms. The molecule has 1 saturated carbocycles. The molecule has 3 rings (SSSR count). The van der Waals surface area contributed by atoms with E-state index in [0.717, 1.165) is 38.6 Å². The van der Waals surface area contributed by atoms with Gasteiger partial charge in [0.2, 0.25) is 0 Å². The van der Waals surface area contributed by atoms with E-state index >= 15 is 0 Å². The molecular formula is C19H34N2O2+. The standard InChI is InChI=1S/C19H34N2O2/c1-16(22)21(11-9-17-8-10-20(2)14-17)12-13-23-15-19(21)18-6-4-3-5-7-18/h17-19H,1,3-15H2,2H3/q+1. The van der Waals surface area contributed by atoms with Gasteiger partial charge in [-0.25, -0.2) is 4.79 Å². The predicted octanol–water partition coefficient (Wildman–Crippen LogP) is 2.48. The summed E-state index contributed by atoms with van der Waals surface area (Å²) in [5, 5.41) is 0. The van der Waals surface area contributed by atoms with E-state index in [2.05, 4.69) is 18.9 Å². The minimum atomic E-state index is 0.134. The lowest BCUT2D eigenvalue weighted by Gasteiger charge is -2.48. The Hall–Kier alpha value is -0.450. The van der Waals surface area contributed by atoms with Gasteiger partial charge in [0.05, 0.1) is 26.7 Å². The number of ether oxygens (including phenoxy) is 1. The molecular weight excluding hydrogens is 288 g/mol. The maximum absolute atomic E-state index is 12.6. The molecule has 3 aliphatic rings. The van der Waals surface area contributed by atoms with Crippen molar-refractivity contribution in [1.82, 2.24) is 4.90 Å². The summed E-state index contributed by atoms with van der Waals surface area (Å²) in [6.45, 7) is 9.60. The van der Waals surface area contributed by atoms with Crippen LogP contribution in [0, 0.1) is 18.8 Å². The summed E-state index contributed by atoms with van der Waals surface area (Å²) in [5.74, 6) is 1.54. The molecule has 3 fully saturated rings. The monoisotopic (exact) mass is 322 g/mol. The summed E-state index contributed by atoms with van der Waals surface area (Å²) in [5.41, 5.74) is 0. The van der Waals surface area contributed by atoms with Gasteiger partial charge in [0.15, 0.2) is 0 Å². The van der Waals surface area contributed by atoms with Crippen molar-refractivity contribution >= 4 is 5.91 Å². The summed E-state index contributed by atoms with van der Waals surface area (Å²) in [6.07, 6.45) is 8.98. The van der Waals surface area contributed by atoms with Crippen LogP contribution >= 0.6 is 0 Å². The maximum atomic E-state index is 12.6. The number of quaternary nitrogens is 1. The second kappa shape index (κ2) is 7.62. The van der Waals surface area contributed by atoms with Gasteiger partial charge in [0.25, 0.3) is 0 Å². The average Bonchev–Trinajstić information content (AvgIpc) is 2.99. The van der Waals surface area contributed by atoms with Crippen LogP contribution in [0.1, 0.15) is 44.9 Å². The van der Waals surface area contributed by atoms with Gasteiger partial charge in [0, 0.05) is 18.9 Å². The third-order valence-electron chi connectivity index (χ3n) is 6.67. The van der Waals surface area contributed by atoms with Gasteiger partial charge in [0.1, 0.15) is 12.6 Å². The van der Waals surface area contributed by atoms with Crippen molar-refractivity contribution in [3.05, 3.63) is 6.92 Å². The number of carbonyl (C=O) groups excluding carboxylic acids is 1. The average molecular weight is 322 g/mol. The van der Waals surface area contributed by atoms with Gasteiger partial charge in [-0.3, -0.25) is 4.48 Å². The molecule has 1 aliphatic carbocycles. The Morgan fingerprint density at radius 1 is 1.26 bits per heavy atom. The van der Waals surface area contributed by atoms with E-state index in [1.807, 2.05) is 0 Å². The van der Waals surface area contributed by atoms with Crippen molar-refractivity contribution in [2.45, 2.75) is 51.0 Å². The van der Waals surface area contributed by atoms with Crippen LogP contribution in [0.25, 0.3) is 0 Å². The van der Waals surface area contributed by atoms with E-state index in [4.69, 9.17) is 4.74 Å². The summed E-state index contributed by atoms with van der Waals surface area (Å²) >= 11 is 0. The minimum Gasteiger partial charge on any atom is -0.369 e. The highest BCUT2D eigenvalue weighted by Gasteiger charge is 2.48. The molecule has 0 N–H and O–H groups in total. The van der Waals surface area contributed by atoms with Crippen molar-refractivity contribution in [2.75, 3.05) is 46.4 Å². The number of hydrogen-bond acceptors (Lipinski definition) is 3. The highest BCUT2D eigenvalue weighted by molar-refractivity contribution is 5.73. The molecule has 0 aromatic heterocycles. The van der Waals surface area contributed by atoms with Crippen molar-refractivity contribution < 1.29 is 14.0 Å². The van der Waals surface area contributed by atoms with Crippen LogP contribution in [0.3, 0.4) is 0 Å². The normalized spacial score (nSPS) is 37.1. The van der Waals surface area contributed by atoms with Crippen LogP contribution < -0.4 is 0 Å². The molecule has 0 aromatic rings. The number of nitrogens with zero attached hydrogens (tertiary/aromatic N) is 2. The largest absolute Gasteiger partial charge is 0.369 e. The highest BCUT2D eigenvalue weighted by atomic mass is 16.5. The minimum absolute atomic E-state index is 0.134. The van der Waals surface area contributed by atoms with E-state index < -0.39 is 0 Å². The Labute approximate surface area is 141 Å². The molecule has 2 heterocycles. The molecule has 1 radical (unpaired) electrons. The Morgan fingerprint density at radius 2 is 2.04 bits per heavy atom. The lowest BCUT2D eigenvalue weighted by atomic mass is 9.81. The van der Waals surface area contributed by atoms with Gasteiger partial charge >= 0.3 is 5.91 Å². The zero-order valence-electron chi connectivity index (χ0n) is 14.8. The van der Waals surface area contributed by atoms with Gasteiger partial charge in [-0.15, -0.1) is 0 Å². The Kier molecular flexibility index (Phi) is 5.76. The molecule has 3 unspecified atom stereocenters. The first-order chi connectivity index (χ1) is 11.1. The second-order valence-electron chi connectivity index (χ2n) is 8.12. The topological polar surface area (TPSA) is 29.5 Å². The first kappa shape index (κ1) is 17.4. The zero-order chi connectivity index (χ0) is 16.3. The van der Waals surface area contributed by atoms with Gasteiger partial charge in [-0.1, -0.05) is 19.3 Å². The third-order valence-corrected chi connectivity index (χ3v) is 6.67. The number of amides is 1. The molecule has 3 atom stereocenters. The molecule has 0 aromatic carbocycles. The second-order valence-corrected chi connectivity index (χ2v) is 8.12. The molecule has 4 heteroatoms. The summed E-state index contributed by atoms with van der Waals surface area (Å²) in [7, 11) is 2.20. The van der Waals surface area contributed by atoms with Crippen molar-refractivity contribution in [3.8, 4) is 0 Å². The van der Waals surface area contributed by atoms with Crippen molar-refractivity contribution in [2.24, 2.45) is 11.8 Å².